The average Bonchev–Trinajstić information content (AvgIpc) is 2.37. The number of hydrogen-bond donors (Lipinski definition) is 0. The van der Waals surface area contributed by atoms with Gasteiger partial charge in [-0.15, -0.1) is 11.6 Å². The zero-order valence-corrected chi connectivity index (χ0v) is 11.5. The van der Waals surface area contributed by atoms with E-state index in [1.165, 1.54) is 0 Å². The molecular formula is C14H18ClNO2. The van der Waals surface area contributed by atoms with Crippen molar-refractivity contribution in [3.05, 3.63) is 35.4 Å². The van der Waals surface area contributed by atoms with Gasteiger partial charge in [0, 0.05) is 18.0 Å². The summed E-state index contributed by atoms with van der Waals surface area (Å²) in [7, 11) is 0. The summed E-state index contributed by atoms with van der Waals surface area (Å²) in [6, 6.07) is 7.47. The lowest BCUT2D eigenvalue weighted by atomic mass is 10.0. The second kappa shape index (κ2) is 5.29. The van der Waals surface area contributed by atoms with E-state index < -0.39 is 0 Å². The number of nitrogens with zero attached hydrogens (tertiary/aromatic N) is 1. The van der Waals surface area contributed by atoms with Gasteiger partial charge in [-0.3, -0.25) is 4.79 Å². The number of carbonyl (C=O) groups is 1. The zero-order valence-electron chi connectivity index (χ0n) is 10.8. The Morgan fingerprint density at radius 3 is 2.61 bits per heavy atom. The summed E-state index contributed by atoms with van der Waals surface area (Å²) >= 11 is 5.74. The van der Waals surface area contributed by atoms with E-state index in [0.717, 1.165) is 5.56 Å². The van der Waals surface area contributed by atoms with Crippen molar-refractivity contribution >= 4 is 17.5 Å². The fraction of sp³-hybridized carbons (Fsp3) is 0.500. The molecule has 18 heavy (non-hydrogen) atoms. The van der Waals surface area contributed by atoms with Gasteiger partial charge < -0.3 is 9.64 Å². The Labute approximate surface area is 113 Å². The minimum atomic E-state index is -0.250. The van der Waals surface area contributed by atoms with Crippen LogP contribution in [-0.4, -0.2) is 36.1 Å². The number of halogens is 1. The Morgan fingerprint density at radius 2 is 2.06 bits per heavy atom. The van der Waals surface area contributed by atoms with Crippen LogP contribution in [0.1, 0.15) is 29.8 Å². The van der Waals surface area contributed by atoms with Crippen LogP contribution in [0.3, 0.4) is 0 Å². The summed E-state index contributed by atoms with van der Waals surface area (Å²) in [4.78, 5) is 14.3. The molecule has 98 valence electrons. The summed E-state index contributed by atoms with van der Waals surface area (Å²) in [5.41, 5.74) is 1.48. The molecule has 1 amide bonds. The van der Waals surface area contributed by atoms with Gasteiger partial charge in [0.1, 0.15) is 0 Å². The molecule has 0 spiro atoms. The predicted molar refractivity (Wildman–Crippen MR) is 71.9 cm³/mol. The van der Waals surface area contributed by atoms with Gasteiger partial charge in [0.15, 0.2) is 0 Å². The van der Waals surface area contributed by atoms with Crippen molar-refractivity contribution in [3.8, 4) is 0 Å². The third-order valence-corrected chi connectivity index (χ3v) is 3.55. The number of amides is 1. The highest BCUT2D eigenvalue weighted by Crippen LogP contribution is 2.22. The molecule has 0 bridgehead atoms. The van der Waals surface area contributed by atoms with Crippen LogP contribution in [0, 0.1) is 0 Å². The molecule has 1 aromatic carbocycles. The Kier molecular flexibility index (Phi) is 3.93. The Morgan fingerprint density at radius 1 is 1.39 bits per heavy atom. The van der Waals surface area contributed by atoms with E-state index in [1.54, 1.807) is 0 Å². The SMILES string of the molecule is CC1(C)COCCN1C(=O)c1ccc(CCl)cc1. The highest BCUT2D eigenvalue weighted by atomic mass is 35.5. The minimum Gasteiger partial charge on any atom is -0.377 e. The van der Waals surface area contributed by atoms with E-state index in [1.807, 2.05) is 43.0 Å². The Hall–Kier alpha value is -1.06. The van der Waals surface area contributed by atoms with Crippen LogP contribution in [0.2, 0.25) is 0 Å². The first-order valence-electron chi connectivity index (χ1n) is 6.09. The summed E-state index contributed by atoms with van der Waals surface area (Å²) < 4.78 is 5.43. The van der Waals surface area contributed by atoms with Gasteiger partial charge in [-0.2, -0.15) is 0 Å². The highest BCUT2D eigenvalue weighted by molar-refractivity contribution is 6.17. The number of morpholine rings is 1. The molecule has 4 heteroatoms. The van der Waals surface area contributed by atoms with Crippen LogP contribution >= 0.6 is 11.6 Å². The summed E-state index contributed by atoms with van der Waals surface area (Å²) in [6.45, 7) is 5.88. The largest absolute Gasteiger partial charge is 0.377 e. The van der Waals surface area contributed by atoms with Gasteiger partial charge in [-0.25, -0.2) is 0 Å². The van der Waals surface area contributed by atoms with Gasteiger partial charge in [0.05, 0.1) is 18.8 Å². The van der Waals surface area contributed by atoms with Crippen molar-refractivity contribution in [1.82, 2.24) is 4.90 Å². The van der Waals surface area contributed by atoms with Gasteiger partial charge in [0.25, 0.3) is 5.91 Å². The van der Waals surface area contributed by atoms with Crippen LogP contribution < -0.4 is 0 Å². The number of rotatable bonds is 2. The smallest absolute Gasteiger partial charge is 0.254 e. The first kappa shape index (κ1) is 13.4. The highest BCUT2D eigenvalue weighted by Gasteiger charge is 2.34. The molecule has 0 atom stereocenters. The van der Waals surface area contributed by atoms with E-state index in [0.29, 0.717) is 31.2 Å². The van der Waals surface area contributed by atoms with E-state index in [9.17, 15) is 4.79 Å². The van der Waals surface area contributed by atoms with Gasteiger partial charge in [0.2, 0.25) is 0 Å². The predicted octanol–water partition coefficient (Wildman–Crippen LogP) is 2.68. The fourth-order valence-corrected chi connectivity index (χ4v) is 2.31. The molecule has 0 unspecified atom stereocenters. The van der Waals surface area contributed by atoms with E-state index in [4.69, 9.17) is 16.3 Å². The molecule has 1 aliphatic heterocycles. The number of alkyl halides is 1. The van der Waals surface area contributed by atoms with Crippen molar-refractivity contribution in [1.29, 1.82) is 0 Å². The van der Waals surface area contributed by atoms with Gasteiger partial charge in [-0.1, -0.05) is 12.1 Å². The van der Waals surface area contributed by atoms with Crippen molar-refractivity contribution in [2.24, 2.45) is 0 Å². The molecule has 0 saturated carbocycles. The van der Waals surface area contributed by atoms with Gasteiger partial charge in [-0.05, 0) is 31.5 Å². The lowest BCUT2D eigenvalue weighted by Gasteiger charge is -2.42. The Balaban J connectivity index is 2.19. The van der Waals surface area contributed by atoms with Crippen molar-refractivity contribution in [2.75, 3.05) is 19.8 Å². The number of benzene rings is 1. The first-order chi connectivity index (χ1) is 8.54. The second-order valence-electron chi connectivity index (χ2n) is 5.15. The molecule has 1 aromatic rings. The molecule has 0 N–H and O–H groups in total. The fourth-order valence-electron chi connectivity index (χ4n) is 2.13. The van der Waals surface area contributed by atoms with Crippen molar-refractivity contribution in [2.45, 2.75) is 25.3 Å². The third kappa shape index (κ3) is 2.68. The maximum absolute atomic E-state index is 12.5. The first-order valence-corrected chi connectivity index (χ1v) is 6.63. The molecule has 1 aliphatic rings. The monoisotopic (exact) mass is 267 g/mol. The Bertz CT molecular complexity index is 428. The summed E-state index contributed by atoms with van der Waals surface area (Å²) in [5, 5.41) is 0. The maximum atomic E-state index is 12.5. The third-order valence-electron chi connectivity index (χ3n) is 3.25. The van der Waals surface area contributed by atoms with Crippen molar-refractivity contribution in [3.63, 3.8) is 0 Å². The lowest BCUT2D eigenvalue weighted by Crippen LogP contribution is -2.55. The summed E-state index contributed by atoms with van der Waals surface area (Å²) in [5.74, 6) is 0.529. The molecule has 3 nitrogen and oxygen atoms in total. The molecule has 0 radical (unpaired) electrons. The molecular weight excluding hydrogens is 250 g/mol. The second-order valence-corrected chi connectivity index (χ2v) is 5.42. The molecule has 0 aromatic heterocycles. The van der Waals surface area contributed by atoms with E-state index in [2.05, 4.69) is 0 Å². The number of carbonyl (C=O) groups excluding carboxylic acids is 1. The van der Waals surface area contributed by atoms with Crippen molar-refractivity contribution < 1.29 is 9.53 Å². The van der Waals surface area contributed by atoms with Crippen LogP contribution in [0.15, 0.2) is 24.3 Å². The van der Waals surface area contributed by atoms with E-state index >= 15 is 0 Å². The molecule has 2 rings (SSSR count). The molecule has 0 aliphatic carbocycles. The lowest BCUT2D eigenvalue weighted by molar-refractivity contribution is -0.0370. The van der Waals surface area contributed by atoms with Crippen LogP contribution in [-0.2, 0) is 10.6 Å². The average molecular weight is 268 g/mol. The maximum Gasteiger partial charge on any atom is 0.254 e. The van der Waals surface area contributed by atoms with Gasteiger partial charge >= 0.3 is 0 Å². The molecule has 1 heterocycles. The van der Waals surface area contributed by atoms with Crippen LogP contribution in [0.5, 0.6) is 0 Å². The minimum absolute atomic E-state index is 0.0597. The summed E-state index contributed by atoms with van der Waals surface area (Å²) in [6.07, 6.45) is 0. The normalized spacial score (nSPS) is 18.7. The van der Waals surface area contributed by atoms with Crippen LogP contribution in [0.25, 0.3) is 0 Å². The molecule has 1 saturated heterocycles. The van der Waals surface area contributed by atoms with Crippen LogP contribution in [0.4, 0.5) is 0 Å². The standard InChI is InChI=1S/C14H18ClNO2/c1-14(2)10-18-8-7-16(14)13(17)12-5-3-11(9-15)4-6-12/h3-6H,7-10H2,1-2H3. The molecule has 1 fully saturated rings. The topological polar surface area (TPSA) is 29.5 Å². The quantitative estimate of drug-likeness (QED) is 0.771. The number of ether oxygens (including phenoxy) is 1. The van der Waals surface area contributed by atoms with E-state index in [-0.39, 0.29) is 11.4 Å². The zero-order chi connectivity index (χ0) is 13.2. The number of hydrogen-bond acceptors (Lipinski definition) is 2.